The second-order valence-electron chi connectivity index (χ2n) is 8.01. The molecule has 0 radical (unpaired) electrons. The molecule has 32 heavy (non-hydrogen) atoms. The van der Waals surface area contributed by atoms with E-state index in [1.807, 2.05) is 12.1 Å². The monoisotopic (exact) mass is 467 g/mol. The largest absolute Gasteiger partial charge is 0.492 e. The minimum atomic E-state index is 0.727. The molecule has 2 aromatic carbocycles. The molecule has 4 heteroatoms. The molecule has 3 aromatic rings. The van der Waals surface area contributed by atoms with E-state index in [1.54, 1.807) is 11.3 Å². The molecule has 0 spiro atoms. The van der Waals surface area contributed by atoms with Crippen molar-refractivity contribution in [3.8, 4) is 5.75 Å². The van der Waals surface area contributed by atoms with Crippen LogP contribution < -0.4 is 4.74 Å². The Morgan fingerprint density at radius 3 is 2.19 bits per heavy atom. The molecule has 0 fully saturated rings. The van der Waals surface area contributed by atoms with E-state index in [4.69, 9.17) is 16.3 Å². The Morgan fingerprint density at radius 2 is 1.59 bits per heavy atom. The zero-order valence-corrected chi connectivity index (χ0v) is 20.8. The highest BCUT2D eigenvalue weighted by Gasteiger charge is 2.08. The summed E-state index contributed by atoms with van der Waals surface area (Å²) in [5.41, 5.74) is 3.53. The standard InChI is InChI=1S/C28H34ClNOS/c1-3-5-17-30(18-6-4-2)19-20-31-26-15-11-24(12-16-26)27(28-8-7-21-32-28)22-23-9-13-25(29)14-10-23/h7-16,21-22H,3-6,17-20H2,1-2H3. The molecule has 170 valence electrons. The molecule has 0 aliphatic heterocycles. The van der Waals surface area contributed by atoms with Crippen LogP contribution >= 0.6 is 22.9 Å². The molecule has 1 heterocycles. The van der Waals surface area contributed by atoms with Gasteiger partial charge in [-0.15, -0.1) is 11.3 Å². The Hall–Kier alpha value is -2.07. The predicted octanol–water partition coefficient (Wildman–Crippen LogP) is 8.27. The molecule has 0 aliphatic carbocycles. The quantitative estimate of drug-likeness (QED) is 0.234. The van der Waals surface area contributed by atoms with Crippen molar-refractivity contribution in [2.45, 2.75) is 39.5 Å². The Labute approximate surface area is 202 Å². The lowest BCUT2D eigenvalue weighted by Crippen LogP contribution is -2.30. The highest BCUT2D eigenvalue weighted by Crippen LogP contribution is 2.30. The first-order chi connectivity index (χ1) is 15.7. The molecule has 0 bridgehead atoms. The van der Waals surface area contributed by atoms with Gasteiger partial charge in [-0.3, -0.25) is 4.90 Å². The van der Waals surface area contributed by atoms with Gasteiger partial charge in [0.15, 0.2) is 0 Å². The van der Waals surface area contributed by atoms with Gasteiger partial charge in [-0.2, -0.15) is 0 Å². The first-order valence-electron chi connectivity index (χ1n) is 11.7. The van der Waals surface area contributed by atoms with Gasteiger partial charge in [-0.05, 0) is 84.4 Å². The van der Waals surface area contributed by atoms with E-state index >= 15 is 0 Å². The van der Waals surface area contributed by atoms with Crippen molar-refractivity contribution in [2.75, 3.05) is 26.2 Å². The van der Waals surface area contributed by atoms with Crippen LogP contribution in [0.15, 0.2) is 66.0 Å². The SMILES string of the molecule is CCCCN(CCCC)CCOc1ccc(C(=Cc2ccc(Cl)cc2)c2cccs2)cc1. The first-order valence-corrected chi connectivity index (χ1v) is 12.9. The van der Waals surface area contributed by atoms with E-state index in [0.29, 0.717) is 0 Å². The van der Waals surface area contributed by atoms with Crippen LogP contribution in [0, 0.1) is 0 Å². The molecular weight excluding hydrogens is 434 g/mol. The molecule has 0 N–H and O–H groups in total. The number of unbranched alkanes of at least 4 members (excludes halogenated alkanes) is 2. The summed E-state index contributed by atoms with van der Waals surface area (Å²) >= 11 is 7.81. The lowest BCUT2D eigenvalue weighted by molar-refractivity contribution is 0.204. The van der Waals surface area contributed by atoms with Gasteiger partial charge in [0.2, 0.25) is 0 Å². The number of ether oxygens (including phenoxy) is 1. The number of rotatable bonds is 13. The van der Waals surface area contributed by atoms with Gasteiger partial charge in [-0.1, -0.05) is 68.6 Å². The highest BCUT2D eigenvalue weighted by molar-refractivity contribution is 7.11. The third kappa shape index (κ3) is 7.81. The third-order valence-electron chi connectivity index (χ3n) is 5.46. The summed E-state index contributed by atoms with van der Waals surface area (Å²) < 4.78 is 6.08. The Balaban J connectivity index is 1.66. The second-order valence-corrected chi connectivity index (χ2v) is 9.39. The maximum Gasteiger partial charge on any atom is 0.119 e. The summed E-state index contributed by atoms with van der Waals surface area (Å²) in [5, 5.41) is 2.87. The number of hydrogen-bond acceptors (Lipinski definition) is 3. The van der Waals surface area contributed by atoms with Crippen LogP contribution in [-0.2, 0) is 0 Å². The molecule has 0 saturated carbocycles. The van der Waals surface area contributed by atoms with Crippen LogP contribution in [0.4, 0.5) is 0 Å². The molecular formula is C28H34ClNOS. The van der Waals surface area contributed by atoms with E-state index < -0.39 is 0 Å². The molecule has 0 aliphatic rings. The van der Waals surface area contributed by atoms with E-state index in [2.05, 4.69) is 78.7 Å². The van der Waals surface area contributed by atoms with E-state index in [1.165, 1.54) is 54.8 Å². The fraction of sp³-hybridized carbons (Fsp3) is 0.357. The fourth-order valence-corrected chi connectivity index (χ4v) is 4.47. The molecule has 0 atom stereocenters. The number of nitrogens with zero attached hydrogens (tertiary/aromatic N) is 1. The molecule has 1 aromatic heterocycles. The minimum Gasteiger partial charge on any atom is -0.492 e. The van der Waals surface area contributed by atoms with Crippen molar-refractivity contribution in [1.29, 1.82) is 0 Å². The summed E-state index contributed by atoms with van der Waals surface area (Å²) in [7, 11) is 0. The van der Waals surface area contributed by atoms with Gasteiger partial charge in [0, 0.05) is 16.4 Å². The predicted molar refractivity (Wildman–Crippen MR) is 141 cm³/mol. The van der Waals surface area contributed by atoms with Crippen LogP contribution in [0.25, 0.3) is 11.6 Å². The van der Waals surface area contributed by atoms with Crippen molar-refractivity contribution in [3.05, 3.63) is 87.1 Å². The smallest absolute Gasteiger partial charge is 0.119 e. The summed E-state index contributed by atoms with van der Waals surface area (Å²) in [6.45, 7) is 8.55. The number of benzene rings is 2. The minimum absolute atomic E-state index is 0.727. The van der Waals surface area contributed by atoms with Gasteiger partial charge in [0.05, 0.1) is 0 Å². The van der Waals surface area contributed by atoms with Crippen molar-refractivity contribution in [3.63, 3.8) is 0 Å². The average Bonchev–Trinajstić information content (AvgIpc) is 3.35. The fourth-order valence-electron chi connectivity index (χ4n) is 3.58. The Morgan fingerprint density at radius 1 is 0.906 bits per heavy atom. The van der Waals surface area contributed by atoms with E-state index in [-0.39, 0.29) is 0 Å². The third-order valence-corrected chi connectivity index (χ3v) is 6.62. The molecule has 3 rings (SSSR count). The molecule has 0 amide bonds. The van der Waals surface area contributed by atoms with Crippen molar-refractivity contribution >= 4 is 34.6 Å². The lowest BCUT2D eigenvalue weighted by atomic mass is 10.0. The van der Waals surface area contributed by atoms with Crippen LogP contribution in [0.1, 0.15) is 55.5 Å². The van der Waals surface area contributed by atoms with Crippen molar-refractivity contribution in [2.24, 2.45) is 0 Å². The van der Waals surface area contributed by atoms with Crippen LogP contribution in [0.2, 0.25) is 5.02 Å². The van der Waals surface area contributed by atoms with Crippen LogP contribution in [-0.4, -0.2) is 31.1 Å². The van der Waals surface area contributed by atoms with Crippen LogP contribution in [0.5, 0.6) is 5.75 Å². The topological polar surface area (TPSA) is 12.5 Å². The Bertz CT molecular complexity index is 925. The van der Waals surface area contributed by atoms with Crippen molar-refractivity contribution < 1.29 is 4.74 Å². The number of hydrogen-bond donors (Lipinski definition) is 0. The van der Waals surface area contributed by atoms with Gasteiger partial charge in [0.1, 0.15) is 12.4 Å². The zero-order chi connectivity index (χ0) is 22.6. The first kappa shape index (κ1) is 24.6. The molecule has 2 nitrogen and oxygen atoms in total. The maximum atomic E-state index is 6.08. The zero-order valence-electron chi connectivity index (χ0n) is 19.2. The van der Waals surface area contributed by atoms with Gasteiger partial charge < -0.3 is 4.74 Å². The summed E-state index contributed by atoms with van der Waals surface area (Å²) in [4.78, 5) is 3.78. The van der Waals surface area contributed by atoms with Crippen molar-refractivity contribution in [1.82, 2.24) is 4.90 Å². The van der Waals surface area contributed by atoms with E-state index in [9.17, 15) is 0 Å². The van der Waals surface area contributed by atoms with Gasteiger partial charge in [-0.25, -0.2) is 0 Å². The maximum absolute atomic E-state index is 6.08. The lowest BCUT2D eigenvalue weighted by Gasteiger charge is -2.22. The number of halogens is 1. The molecule has 0 saturated heterocycles. The normalized spacial score (nSPS) is 11.8. The second kappa shape index (κ2) is 13.5. The molecule has 0 unspecified atom stereocenters. The number of thiophene rings is 1. The highest BCUT2D eigenvalue weighted by atomic mass is 35.5. The van der Waals surface area contributed by atoms with Crippen LogP contribution in [0.3, 0.4) is 0 Å². The summed E-state index contributed by atoms with van der Waals surface area (Å²) in [6.07, 6.45) is 7.20. The van der Waals surface area contributed by atoms with Gasteiger partial charge >= 0.3 is 0 Å². The average molecular weight is 468 g/mol. The summed E-state index contributed by atoms with van der Waals surface area (Å²) in [5.74, 6) is 0.928. The summed E-state index contributed by atoms with van der Waals surface area (Å²) in [6, 6.07) is 20.7. The Kier molecular flexibility index (Phi) is 10.3. The van der Waals surface area contributed by atoms with Gasteiger partial charge in [0.25, 0.3) is 0 Å². The van der Waals surface area contributed by atoms with E-state index in [0.717, 1.165) is 29.5 Å².